The Morgan fingerprint density at radius 1 is 1.26 bits per heavy atom. The Kier molecular flexibility index (Phi) is 6.05. The molecular formula is C15H12ClF6N3OS. The van der Waals surface area contributed by atoms with Crippen LogP contribution in [0.15, 0.2) is 28.1 Å². The third-order valence-electron chi connectivity index (χ3n) is 3.49. The Balaban J connectivity index is 2.61. The van der Waals surface area contributed by atoms with Gasteiger partial charge in [0.05, 0.1) is 32.6 Å². The van der Waals surface area contributed by atoms with Crippen LogP contribution in [0.1, 0.15) is 23.9 Å². The van der Waals surface area contributed by atoms with Crippen LogP contribution >= 0.6 is 11.6 Å². The van der Waals surface area contributed by atoms with E-state index in [1.54, 1.807) is 0 Å². The van der Waals surface area contributed by atoms with Crippen LogP contribution in [0.4, 0.5) is 26.3 Å². The smallest absolute Gasteiger partial charge is 0.254 e. The van der Waals surface area contributed by atoms with Crippen molar-refractivity contribution in [1.29, 1.82) is 0 Å². The number of alkyl halides is 6. The Morgan fingerprint density at radius 3 is 2.41 bits per heavy atom. The average molecular weight is 432 g/mol. The summed E-state index contributed by atoms with van der Waals surface area (Å²) in [7, 11) is -1.78. The SMILES string of the molecule is CCS(=O)c1cc(C(F)(F)F)ccc1-n1nnc(/C=C(\Cl)C(F)(F)F)c1C. The molecule has 0 saturated carbocycles. The minimum absolute atomic E-state index is 0.0240. The molecule has 0 bridgehead atoms. The summed E-state index contributed by atoms with van der Waals surface area (Å²) < 4.78 is 89.8. The molecule has 12 heteroatoms. The van der Waals surface area contributed by atoms with Gasteiger partial charge in [0.25, 0.3) is 0 Å². The van der Waals surface area contributed by atoms with E-state index in [9.17, 15) is 30.6 Å². The number of aromatic nitrogens is 3. The second-order valence-corrected chi connectivity index (χ2v) is 7.39. The molecule has 1 heterocycles. The first-order chi connectivity index (χ1) is 12.4. The normalized spacial score (nSPS) is 14.5. The number of allylic oxidation sites excluding steroid dienone is 1. The lowest BCUT2D eigenvalue weighted by Crippen LogP contribution is -2.11. The molecule has 1 unspecified atom stereocenters. The molecule has 1 atom stereocenters. The third-order valence-corrected chi connectivity index (χ3v) is 5.15. The molecular weight excluding hydrogens is 420 g/mol. The van der Waals surface area contributed by atoms with Crippen LogP contribution in [0, 0.1) is 6.92 Å². The van der Waals surface area contributed by atoms with Gasteiger partial charge in [-0.1, -0.05) is 23.7 Å². The van der Waals surface area contributed by atoms with Crippen LogP contribution in [-0.2, 0) is 17.0 Å². The van der Waals surface area contributed by atoms with Gasteiger partial charge >= 0.3 is 12.4 Å². The van der Waals surface area contributed by atoms with Gasteiger partial charge in [-0.3, -0.25) is 4.21 Å². The standard InChI is InChI=1S/C15H12ClF6N3OS/c1-3-27(26)12-6-9(14(17,18)19)4-5-11(12)25-8(2)10(23-24-25)7-13(16)15(20,21)22/h4-7H,3H2,1-2H3/b13-7-. The van der Waals surface area contributed by atoms with Gasteiger partial charge in [-0.2, -0.15) is 26.3 Å². The largest absolute Gasteiger partial charge is 0.427 e. The van der Waals surface area contributed by atoms with E-state index in [4.69, 9.17) is 11.6 Å². The first-order valence-corrected chi connectivity index (χ1v) is 9.02. The summed E-state index contributed by atoms with van der Waals surface area (Å²) in [5.74, 6) is 0.0364. The van der Waals surface area contributed by atoms with Crippen molar-refractivity contribution < 1.29 is 30.6 Å². The van der Waals surface area contributed by atoms with Crippen molar-refractivity contribution in [2.24, 2.45) is 0 Å². The van der Waals surface area contributed by atoms with Crippen LogP contribution in [0.2, 0.25) is 0 Å². The molecule has 0 radical (unpaired) electrons. The molecule has 27 heavy (non-hydrogen) atoms. The summed E-state index contributed by atoms with van der Waals surface area (Å²) in [5.41, 5.74) is -1.10. The Labute approximate surface area is 157 Å². The predicted octanol–water partition coefficient (Wildman–Crippen LogP) is 4.86. The lowest BCUT2D eigenvalue weighted by molar-refractivity contribution is -0.137. The molecule has 0 spiro atoms. The van der Waals surface area contributed by atoms with E-state index in [2.05, 4.69) is 10.3 Å². The van der Waals surface area contributed by atoms with Crippen molar-refractivity contribution in [1.82, 2.24) is 15.0 Å². The molecule has 148 valence electrons. The van der Waals surface area contributed by atoms with Crippen molar-refractivity contribution in [3.63, 3.8) is 0 Å². The van der Waals surface area contributed by atoms with Crippen molar-refractivity contribution in [2.45, 2.75) is 31.1 Å². The molecule has 1 aromatic heterocycles. The average Bonchev–Trinajstić information content (AvgIpc) is 2.92. The minimum atomic E-state index is -4.78. The van der Waals surface area contributed by atoms with Gasteiger partial charge in [0, 0.05) is 5.75 Å². The zero-order valence-electron chi connectivity index (χ0n) is 13.8. The third kappa shape index (κ3) is 4.70. The van der Waals surface area contributed by atoms with Crippen LogP contribution in [0.3, 0.4) is 0 Å². The molecule has 1 aromatic carbocycles. The zero-order chi connectivity index (χ0) is 20.6. The Bertz CT molecular complexity index is 904. The molecule has 0 saturated heterocycles. The van der Waals surface area contributed by atoms with Crippen molar-refractivity contribution in [3.05, 3.63) is 40.2 Å². The van der Waals surface area contributed by atoms with Gasteiger partial charge in [0.1, 0.15) is 10.7 Å². The predicted molar refractivity (Wildman–Crippen MR) is 87.9 cm³/mol. The van der Waals surface area contributed by atoms with Gasteiger partial charge in [0.15, 0.2) is 0 Å². The van der Waals surface area contributed by atoms with Gasteiger partial charge in [-0.15, -0.1) is 5.10 Å². The van der Waals surface area contributed by atoms with Crippen LogP contribution in [0.5, 0.6) is 0 Å². The number of hydrogen-bond acceptors (Lipinski definition) is 3. The molecule has 2 rings (SSSR count). The fraction of sp³-hybridized carbons (Fsp3) is 0.333. The highest BCUT2D eigenvalue weighted by Gasteiger charge is 2.33. The molecule has 0 amide bonds. The number of nitrogens with zero attached hydrogens (tertiary/aromatic N) is 3. The Hall–Kier alpha value is -1.88. The molecule has 0 aliphatic heterocycles. The molecule has 0 N–H and O–H groups in total. The summed E-state index contributed by atoms with van der Waals surface area (Å²) >= 11 is 5.18. The van der Waals surface area contributed by atoms with Crippen LogP contribution in [0.25, 0.3) is 11.8 Å². The highest BCUT2D eigenvalue weighted by atomic mass is 35.5. The van der Waals surface area contributed by atoms with E-state index in [0.717, 1.165) is 22.9 Å². The van der Waals surface area contributed by atoms with Crippen molar-refractivity contribution >= 4 is 28.5 Å². The number of hydrogen-bond donors (Lipinski definition) is 0. The zero-order valence-corrected chi connectivity index (χ0v) is 15.4. The second-order valence-electron chi connectivity index (χ2n) is 5.28. The van der Waals surface area contributed by atoms with Crippen molar-refractivity contribution in [3.8, 4) is 5.69 Å². The molecule has 0 aliphatic carbocycles. The minimum Gasteiger partial charge on any atom is -0.254 e. The maximum Gasteiger partial charge on any atom is 0.427 e. The van der Waals surface area contributed by atoms with Gasteiger partial charge in [0.2, 0.25) is 0 Å². The maximum atomic E-state index is 12.9. The van der Waals surface area contributed by atoms with Gasteiger partial charge in [-0.05, 0) is 31.2 Å². The fourth-order valence-electron chi connectivity index (χ4n) is 2.11. The van der Waals surface area contributed by atoms with E-state index in [1.807, 2.05) is 0 Å². The highest BCUT2D eigenvalue weighted by molar-refractivity contribution is 7.85. The number of rotatable bonds is 4. The molecule has 4 nitrogen and oxygen atoms in total. The lowest BCUT2D eigenvalue weighted by Gasteiger charge is -2.13. The van der Waals surface area contributed by atoms with E-state index in [1.165, 1.54) is 13.8 Å². The fourth-order valence-corrected chi connectivity index (χ4v) is 3.17. The lowest BCUT2D eigenvalue weighted by atomic mass is 10.2. The van der Waals surface area contributed by atoms with Crippen LogP contribution in [-0.4, -0.2) is 31.1 Å². The molecule has 0 fully saturated rings. The topological polar surface area (TPSA) is 47.8 Å². The van der Waals surface area contributed by atoms with Gasteiger partial charge < -0.3 is 0 Å². The summed E-state index contributed by atoms with van der Waals surface area (Å²) in [6.07, 6.45) is -8.86. The van der Waals surface area contributed by atoms with E-state index >= 15 is 0 Å². The quantitative estimate of drug-likeness (QED) is 0.649. The monoisotopic (exact) mass is 431 g/mol. The van der Waals surface area contributed by atoms with E-state index in [-0.39, 0.29) is 27.7 Å². The summed E-state index contributed by atoms with van der Waals surface area (Å²) in [5, 5.41) is 5.82. The number of benzene rings is 1. The Morgan fingerprint density at radius 2 is 1.89 bits per heavy atom. The van der Waals surface area contributed by atoms with Crippen LogP contribution < -0.4 is 0 Å². The number of halogens is 7. The first-order valence-electron chi connectivity index (χ1n) is 7.33. The summed E-state index contributed by atoms with van der Waals surface area (Å²) in [6, 6.07) is 2.55. The van der Waals surface area contributed by atoms with E-state index < -0.39 is 33.7 Å². The molecule has 2 aromatic rings. The van der Waals surface area contributed by atoms with Gasteiger partial charge in [-0.25, -0.2) is 4.68 Å². The highest BCUT2D eigenvalue weighted by Crippen LogP contribution is 2.34. The molecule has 0 aliphatic rings. The van der Waals surface area contributed by atoms with Crippen molar-refractivity contribution in [2.75, 3.05) is 5.75 Å². The van der Waals surface area contributed by atoms with E-state index in [0.29, 0.717) is 6.08 Å². The second kappa shape index (κ2) is 7.63. The summed E-state index contributed by atoms with van der Waals surface area (Å²) in [6.45, 7) is 2.88. The maximum absolute atomic E-state index is 12.9. The first kappa shape index (κ1) is 21.4. The summed E-state index contributed by atoms with van der Waals surface area (Å²) in [4.78, 5) is -0.155.